The zero-order chi connectivity index (χ0) is 94.3. The second-order valence-electron chi connectivity index (χ2n) is 33.1. The molecular formula is C93H116FN15O19S. The summed E-state index contributed by atoms with van der Waals surface area (Å²) in [5.74, 6) is -19.6. The van der Waals surface area contributed by atoms with E-state index in [2.05, 4.69) is 52.8 Å². The SMILES string of the molecule is CCCC[C@H]1C(=O)N(C)CC(=O)N[C@@H](CC(=O)O)C(=O)N[C@@H](C(C)C)C(=O)C[C@@H](Cc2ccccc2)C(=O)N[C@@H](Cc2ccc(O)cc2)C(=O)N(C)CC(=O)N[C@@H](Cc2c[nH]c3ccccc23)C(=O)N[C@@H](Cc2ccc(O)cc2)C(=O)N[C@@H](CC(C)C)C(=O)N[C@H](C(=O)NCC(N)=O)CSCC(=O)N[C@@H](Cc2ccc(F)cc2)C(=O)N(C)[C@@H](Cc2ccccc2)C(=O)N1C. The number of carboxylic acids is 1. The fourth-order valence-electron chi connectivity index (χ4n) is 15.0. The monoisotopic (exact) mass is 1800 g/mol. The summed E-state index contributed by atoms with van der Waals surface area (Å²) in [5, 5.41) is 55.3. The molecular weight excluding hydrogens is 1680 g/mol. The molecule has 0 saturated carbocycles. The predicted octanol–water partition coefficient (Wildman–Crippen LogP) is 3.21. The Hall–Kier alpha value is -13.5. The summed E-state index contributed by atoms with van der Waals surface area (Å²) < 4.78 is 14.6. The Bertz CT molecular complexity index is 5090. The van der Waals surface area contributed by atoms with Crippen LogP contribution in [0.1, 0.15) is 107 Å². The number of phenolic OH excluding ortho intramolecular Hbond substituents is 2. The minimum Gasteiger partial charge on any atom is -0.508 e. The molecule has 129 heavy (non-hydrogen) atoms. The molecule has 8 rings (SSSR count). The lowest BCUT2D eigenvalue weighted by molar-refractivity contribution is -0.151. The van der Waals surface area contributed by atoms with Crippen LogP contribution in [0.3, 0.4) is 0 Å². The van der Waals surface area contributed by atoms with Gasteiger partial charge in [-0.05, 0) is 107 Å². The molecule has 1 aromatic heterocycles. The van der Waals surface area contributed by atoms with Gasteiger partial charge < -0.3 is 93.5 Å². The molecule has 34 nitrogen and oxygen atoms in total. The highest BCUT2D eigenvalue weighted by Crippen LogP contribution is 2.25. The lowest BCUT2D eigenvalue weighted by Gasteiger charge is -2.37. The Morgan fingerprint density at radius 3 is 1.53 bits per heavy atom. The first-order chi connectivity index (χ1) is 61.3. The number of carboxylic acid groups (broad SMARTS) is 1. The van der Waals surface area contributed by atoms with E-state index in [4.69, 9.17) is 5.73 Å². The number of likely N-dealkylation sites (N-methyl/N-ethyl adjacent to an activating group) is 4. The summed E-state index contributed by atoms with van der Waals surface area (Å²) in [6.45, 7) is 6.12. The van der Waals surface area contributed by atoms with Gasteiger partial charge in [0, 0.05) is 95.5 Å². The van der Waals surface area contributed by atoms with E-state index in [1.807, 2.05) is 6.92 Å². The fraction of sp³-hybridized carbons (Fsp3) is 0.419. The number of para-hydroxylation sites is 1. The second kappa shape index (κ2) is 49.0. The average molecular weight is 1800 g/mol. The van der Waals surface area contributed by atoms with Crippen molar-refractivity contribution in [2.75, 3.05) is 59.3 Å². The third-order valence-corrected chi connectivity index (χ3v) is 23.0. The number of aromatic amines is 1. The van der Waals surface area contributed by atoms with Gasteiger partial charge >= 0.3 is 5.97 Å². The number of aliphatic carboxylic acids is 1. The number of phenols is 2. The molecule has 6 aromatic carbocycles. The van der Waals surface area contributed by atoms with Crippen LogP contribution in [0.4, 0.5) is 4.39 Å². The second-order valence-corrected chi connectivity index (χ2v) is 34.1. The largest absolute Gasteiger partial charge is 0.508 e. The number of nitrogens with two attached hydrogens (primary N) is 1. The molecule has 7 aromatic rings. The molecule has 11 atom stereocenters. The highest BCUT2D eigenvalue weighted by Gasteiger charge is 2.42. The Labute approximate surface area is 751 Å². The van der Waals surface area contributed by atoms with Crippen LogP contribution in [0, 0.1) is 23.6 Å². The Morgan fingerprint density at radius 1 is 0.504 bits per heavy atom. The molecule has 15 N–H and O–H groups in total. The molecule has 0 unspecified atom stereocenters. The number of rotatable bonds is 23. The number of amides is 14. The highest BCUT2D eigenvalue weighted by molar-refractivity contribution is 8.00. The number of Topliss-reactive ketones (excluding diaryl/α,β-unsaturated/α-hetero) is 1. The van der Waals surface area contributed by atoms with Gasteiger partial charge in [0.1, 0.15) is 71.7 Å². The van der Waals surface area contributed by atoms with Crippen LogP contribution in [0.15, 0.2) is 164 Å². The maximum atomic E-state index is 15.5. The van der Waals surface area contributed by atoms with Crippen LogP contribution >= 0.6 is 11.8 Å². The number of carbonyl (C=O) groups is 16. The molecule has 0 aliphatic carbocycles. The maximum Gasteiger partial charge on any atom is 0.305 e. The van der Waals surface area contributed by atoms with Crippen molar-refractivity contribution in [2.24, 2.45) is 23.5 Å². The number of halogens is 1. The van der Waals surface area contributed by atoms with Gasteiger partial charge in [-0.2, -0.15) is 0 Å². The number of fused-ring (bicyclic) bond motifs is 1. The Kier molecular flexibility index (Phi) is 38.3. The number of thioether (sulfide) groups is 1. The minimum atomic E-state index is -1.90. The van der Waals surface area contributed by atoms with Gasteiger partial charge in [0.2, 0.25) is 82.7 Å². The normalized spacial score (nSPS) is 21.9. The number of carbonyl (C=O) groups excluding carboxylic acids is 15. The van der Waals surface area contributed by atoms with E-state index in [1.54, 1.807) is 119 Å². The molecule has 0 radical (unpaired) electrons. The van der Waals surface area contributed by atoms with Crippen LogP contribution in [0.25, 0.3) is 10.9 Å². The fourth-order valence-corrected chi connectivity index (χ4v) is 15.8. The number of hydrogen-bond donors (Lipinski definition) is 14. The Balaban J connectivity index is 1.21. The molecule has 36 heteroatoms. The number of ketones is 1. The van der Waals surface area contributed by atoms with Gasteiger partial charge in [-0.3, -0.25) is 76.7 Å². The number of aromatic hydroxyl groups is 2. The molecule has 690 valence electrons. The smallest absolute Gasteiger partial charge is 0.305 e. The number of nitrogens with one attached hydrogen (secondary N) is 10. The molecule has 2 heterocycles. The van der Waals surface area contributed by atoms with Crippen molar-refractivity contribution in [3.05, 3.63) is 203 Å². The zero-order valence-corrected chi connectivity index (χ0v) is 74.5. The first-order valence-electron chi connectivity index (χ1n) is 42.6. The topological polar surface area (TPSA) is 497 Å². The number of nitrogens with zero attached hydrogens (tertiary/aromatic N) is 4. The van der Waals surface area contributed by atoms with Crippen molar-refractivity contribution in [1.29, 1.82) is 0 Å². The number of benzene rings is 6. The van der Waals surface area contributed by atoms with Crippen molar-refractivity contribution in [2.45, 2.75) is 172 Å². The molecule has 1 aliphatic heterocycles. The van der Waals surface area contributed by atoms with Crippen LogP contribution in [-0.4, -0.2) is 254 Å². The van der Waals surface area contributed by atoms with Crippen molar-refractivity contribution in [3.8, 4) is 11.5 Å². The van der Waals surface area contributed by atoms with E-state index < -0.39 is 217 Å². The van der Waals surface area contributed by atoms with Gasteiger partial charge in [-0.1, -0.05) is 163 Å². The number of primary amides is 1. The van der Waals surface area contributed by atoms with Gasteiger partial charge in [-0.15, -0.1) is 11.8 Å². The van der Waals surface area contributed by atoms with E-state index in [0.717, 1.165) is 43.5 Å². The number of unbranched alkanes of at least 4 members (excludes halogenated alkanes) is 1. The first-order valence-corrected chi connectivity index (χ1v) is 43.7. The first kappa shape index (κ1) is 101. The molecule has 0 bridgehead atoms. The third-order valence-electron chi connectivity index (χ3n) is 22.0. The Morgan fingerprint density at radius 2 is 0.977 bits per heavy atom. The number of hydrogen-bond acceptors (Lipinski definition) is 19. The van der Waals surface area contributed by atoms with Crippen LogP contribution in [0.2, 0.25) is 0 Å². The zero-order valence-electron chi connectivity index (χ0n) is 73.6. The highest BCUT2D eigenvalue weighted by atomic mass is 32.2. The summed E-state index contributed by atoms with van der Waals surface area (Å²) >= 11 is 0.783. The summed E-state index contributed by atoms with van der Waals surface area (Å²) in [4.78, 5) is 241. The van der Waals surface area contributed by atoms with Gasteiger partial charge in [0.25, 0.3) is 0 Å². The average Bonchev–Trinajstić information content (AvgIpc) is 1.41. The third kappa shape index (κ3) is 31.2. The quantitative estimate of drug-likeness (QED) is 0.0437. The summed E-state index contributed by atoms with van der Waals surface area (Å²) in [5.41, 5.74) is 8.85. The van der Waals surface area contributed by atoms with Crippen molar-refractivity contribution >= 4 is 117 Å². The van der Waals surface area contributed by atoms with Crippen LogP contribution in [0.5, 0.6) is 11.5 Å². The molecule has 1 aliphatic rings. The van der Waals surface area contributed by atoms with Crippen molar-refractivity contribution in [1.82, 2.24) is 72.4 Å². The van der Waals surface area contributed by atoms with E-state index in [-0.39, 0.29) is 68.8 Å². The van der Waals surface area contributed by atoms with E-state index in [0.29, 0.717) is 57.1 Å². The number of aromatic nitrogens is 1. The molecule has 14 amide bonds. The van der Waals surface area contributed by atoms with E-state index in [1.165, 1.54) is 88.9 Å². The van der Waals surface area contributed by atoms with Gasteiger partial charge in [0.05, 0.1) is 37.8 Å². The summed E-state index contributed by atoms with van der Waals surface area (Å²) in [6.07, 6.45) is -0.753. The maximum absolute atomic E-state index is 15.5. The van der Waals surface area contributed by atoms with Crippen molar-refractivity contribution < 1.29 is 96.4 Å². The predicted molar refractivity (Wildman–Crippen MR) is 479 cm³/mol. The standard InChI is InChI=1S/C93H116FN15O19S/c1-10-11-26-75-92(127)107(7)51-80(115)99-71(47-82(117)118)89(124)105-83(55(4)5)77(112)46-61(40-56-20-14-12-15-21-56)84(119)103-72(42-60-31-37-65(111)38-32-60)90(125)106(6)50-79(114)98-70(45-62-48-96-67-25-19-18-24-66(62)67)88(123)102-69(41-59-29-35-64(110)36-30-59)87(122)101-68(39-54(2)3)86(121)104-74(85(120)97-49-78(95)113)52-129-53-81(116)100-73(43-58-27-33-63(94)34-28-58)91(126)109(9)76(93(128)108(75)8)44-57-22-16-13-17-23-57/h12-25,27-38,48,54-55,61,68-76,83,96,110-111H,10-11,26,39-47,49-53H2,1-9H3,(H2,95,113)(H,97,120)(H,98,114)(H,99,115)(H,100,116)(H,101,122)(H,102,123)(H,103,119)(H,104,121)(H,105,124)(H,117,118)/t61-,68+,69+,70+,71+,72+,73+,74+,75+,76+,83+/m1/s1. The van der Waals surface area contributed by atoms with Crippen molar-refractivity contribution in [3.63, 3.8) is 0 Å². The number of H-pyrrole nitrogens is 1. The summed E-state index contributed by atoms with van der Waals surface area (Å²) in [7, 11) is 5.15. The lowest BCUT2D eigenvalue weighted by atomic mass is 9.88. The molecule has 0 spiro atoms. The minimum absolute atomic E-state index is 0.00422. The summed E-state index contributed by atoms with van der Waals surface area (Å²) in [6, 6.07) is 24.9. The molecule has 1 fully saturated rings. The van der Waals surface area contributed by atoms with E-state index >= 15 is 33.6 Å². The lowest BCUT2D eigenvalue weighted by Crippen LogP contribution is -2.60. The van der Waals surface area contributed by atoms with Gasteiger partial charge in [-0.25, -0.2) is 4.39 Å². The van der Waals surface area contributed by atoms with E-state index in [9.17, 15) is 62.9 Å². The van der Waals surface area contributed by atoms with Crippen LogP contribution < -0.4 is 53.6 Å². The van der Waals surface area contributed by atoms with Crippen LogP contribution in [-0.2, 0) is 115 Å². The molecule has 1 saturated heterocycles. The van der Waals surface area contributed by atoms with Gasteiger partial charge in [0.15, 0.2) is 5.78 Å².